The standard InChI is InChI=1S/C12H11BrN2O2/c1-2-17-11-4-3-9(13)5-10(11)12-8(7-16)6-14-15-12/h3-7H,2H2,1H3,(H,14,15). The molecule has 0 saturated carbocycles. The summed E-state index contributed by atoms with van der Waals surface area (Å²) in [4.78, 5) is 10.9. The second kappa shape index (κ2) is 5.14. The zero-order chi connectivity index (χ0) is 12.3. The van der Waals surface area contributed by atoms with Crippen molar-refractivity contribution in [2.75, 3.05) is 6.61 Å². The van der Waals surface area contributed by atoms with Gasteiger partial charge in [-0.25, -0.2) is 0 Å². The molecule has 17 heavy (non-hydrogen) atoms. The Bertz CT molecular complexity index is 537. The number of rotatable bonds is 4. The molecule has 1 N–H and O–H groups in total. The van der Waals surface area contributed by atoms with Crippen LogP contribution in [-0.4, -0.2) is 23.1 Å². The van der Waals surface area contributed by atoms with Gasteiger partial charge in [0.15, 0.2) is 6.29 Å². The summed E-state index contributed by atoms with van der Waals surface area (Å²) < 4.78 is 6.45. The number of ether oxygens (including phenoxy) is 1. The molecule has 0 saturated heterocycles. The number of H-pyrrole nitrogens is 1. The third kappa shape index (κ3) is 2.39. The van der Waals surface area contributed by atoms with Crippen LogP contribution in [0.5, 0.6) is 5.75 Å². The molecule has 1 aromatic heterocycles. The van der Waals surface area contributed by atoms with Gasteiger partial charge in [0.2, 0.25) is 0 Å². The normalized spacial score (nSPS) is 10.2. The van der Waals surface area contributed by atoms with Crippen LogP contribution in [0.3, 0.4) is 0 Å². The van der Waals surface area contributed by atoms with Crippen LogP contribution in [0, 0.1) is 0 Å². The van der Waals surface area contributed by atoms with E-state index < -0.39 is 0 Å². The predicted molar refractivity (Wildman–Crippen MR) is 68.3 cm³/mol. The van der Waals surface area contributed by atoms with Gasteiger partial charge >= 0.3 is 0 Å². The van der Waals surface area contributed by atoms with Gasteiger partial charge < -0.3 is 4.74 Å². The number of aldehydes is 1. The lowest BCUT2D eigenvalue weighted by molar-refractivity contribution is 0.112. The van der Waals surface area contributed by atoms with Gasteiger partial charge in [-0.3, -0.25) is 9.89 Å². The lowest BCUT2D eigenvalue weighted by Crippen LogP contribution is -1.95. The summed E-state index contributed by atoms with van der Waals surface area (Å²) >= 11 is 3.40. The highest BCUT2D eigenvalue weighted by atomic mass is 79.9. The summed E-state index contributed by atoms with van der Waals surface area (Å²) in [6.07, 6.45) is 2.27. The average Bonchev–Trinajstić information content (AvgIpc) is 2.79. The lowest BCUT2D eigenvalue weighted by atomic mass is 10.1. The Balaban J connectivity index is 2.56. The average molecular weight is 295 g/mol. The lowest BCUT2D eigenvalue weighted by Gasteiger charge is -2.09. The first-order valence-corrected chi connectivity index (χ1v) is 5.96. The summed E-state index contributed by atoms with van der Waals surface area (Å²) in [5, 5.41) is 6.69. The molecular formula is C12H11BrN2O2. The molecule has 5 heteroatoms. The third-order valence-corrected chi connectivity index (χ3v) is 2.80. The molecule has 4 nitrogen and oxygen atoms in total. The summed E-state index contributed by atoms with van der Waals surface area (Å²) in [7, 11) is 0. The molecule has 0 bridgehead atoms. The SMILES string of the molecule is CCOc1ccc(Br)cc1-c1[nH]ncc1C=O. The second-order valence-corrected chi connectivity index (χ2v) is 4.31. The quantitative estimate of drug-likeness (QED) is 0.882. The van der Waals surface area contributed by atoms with E-state index in [1.165, 1.54) is 6.20 Å². The maximum atomic E-state index is 10.9. The van der Waals surface area contributed by atoms with Crippen LogP contribution in [-0.2, 0) is 0 Å². The van der Waals surface area contributed by atoms with Crippen molar-refractivity contribution in [2.24, 2.45) is 0 Å². The monoisotopic (exact) mass is 294 g/mol. The van der Waals surface area contributed by atoms with Crippen molar-refractivity contribution in [1.29, 1.82) is 0 Å². The zero-order valence-electron chi connectivity index (χ0n) is 9.24. The first-order valence-electron chi connectivity index (χ1n) is 5.17. The van der Waals surface area contributed by atoms with Crippen LogP contribution in [0.2, 0.25) is 0 Å². The minimum Gasteiger partial charge on any atom is -0.493 e. The first kappa shape index (κ1) is 11.9. The van der Waals surface area contributed by atoms with Crippen molar-refractivity contribution in [3.63, 3.8) is 0 Å². The van der Waals surface area contributed by atoms with E-state index >= 15 is 0 Å². The largest absolute Gasteiger partial charge is 0.493 e. The molecule has 0 amide bonds. The van der Waals surface area contributed by atoms with Crippen LogP contribution in [0.25, 0.3) is 11.3 Å². The minimum absolute atomic E-state index is 0.518. The summed E-state index contributed by atoms with van der Waals surface area (Å²) in [5.74, 6) is 0.725. The highest BCUT2D eigenvalue weighted by Gasteiger charge is 2.12. The van der Waals surface area contributed by atoms with Crippen LogP contribution in [0.1, 0.15) is 17.3 Å². The molecule has 1 heterocycles. The van der Waals surface area contributed by atoms with E-state index in [4.69, 9.17) is 4.74 Å². The first-order chi connectivity index (χ1) is 8.26. The van der Waals surface area contributed by atoms with E-state index in [9.17, 15) is 4.79 Å². The van der Waals surface area contributed by atoms with Gasteiger partial charge in [0.1, 0.15) is 5.75 Å². The van der Waals surface area contributed by atoms with Crippen LogP contribution < -0.4 is 4.74 Å². The number of aromatic nitrogens is 2. The molecule has 2 aromatic rings. The van der Waals surface area contributed by atoms with Crippen molar-refractivity contribution in [3.8, 4) is 17.0 Å². The predicted octanol–water partition coefficient (Wildman–Crippen LogP) is 3.05. The molecular weight excluding hydrogens is 284 g/mol. The molecule has 0 unspecified atom stereocenters. The molecule has 0 spiro atoms. The number of aromatic amines is 1. The van der Waals surface area contributed by atoms with Crippen molar-refractivity contribution in [3.05, 3.63) is 34.4 Å². The molecule has 1 aromatic carbocycles. The van der Waals surface area contributed by atoms with Gasteiger partial charge in [0, 0.05) is 10.0 Å². The molecule has 2 rings (SSSR count). The number of nitrogens with zero attached hydrogens (tertiary/aromatic N) is 1. The van der Waals surface area contributed by atoms with E-state index in [1.54, 1.807) is 0 Å². The number of carbonyl (C=O) groups is 1. The Morgan fingerprint density at radius 2 is 2.35 bits per heavy atom. The fourth-order valence-corrected chi connectivity index (χ4v) is 1.94. The number of halogens is 1. The van der Waals surface area contributed by atoms with Gasteiger partial charge in [-0.1, -0.05) is 15.9 Å². The molecule has 0 atom stereocenters. The van der Waals surface area contributed by atoms with Crippen LogP contribution >= 0.6 is 15.9 Å². The van der Waals surface area contributed by atoms with Crippen molar-refractivity contribution >= 4 is 22.2 Å². The van der Waals surface area contributed by atoms with E-state index in [1.807, 2.05) is 25.1 Å². The van der Waals surface area contributed by atoms with E-state index in [-0.39, 0.29) is 0 Å². The van der Waals surface area contributed by atoms with Gasteiger partial charge in [-0.05, 0) is 25.1 Å². The number of hydrogen-bond acceptors (Lipinski definition) is 3. The molecule has 88 valence electrons. The second-order valence-electron chi connectivity index (χ2n) is 3.39. The summed E-state index contributed by atoms with van der Waals surface area (Å²) in [5.41, 5.74) is 2.01. The Morgan fingerprint density at radius 3 is 3.06 bits per heavy atom. The van der Waals surface area contributed by atoms with Crippen molar-refractivity contribution in [1.82, 2.24) is 10.2 Å². The van der Waals surface area contributed by atoms with E-state index in [2.05, 4.69) is 26.1 Å². The Hall–Kier alpha value is -1.62. The fourth-order valence-electron chi connectivity index (χ4n) is 1.58. The molecule has 0 radical (unpaired) electrons. The fraction of sp³-hybridized carbons (Fsp3) is 0.167. The maximum absolute atomic E-state index is 10.9. The Labute approximate surface area is 107 Å². The molecule has 0 aliphatic heterocycles. The van der Waals surface area contributed by atoms with E-state index in [0.29, 0.717) is 17.9 Å². The number of hydrogen-bond donors (Lipinski definition) is 1. The van der Waals surface area contributed by atoms with Crippen LogP contribution in [0.4, 0.5) is 0 Å². The highest BCUT2D eigenvalue weighted by Crippen LogP contribution is 2.32. The van der Waals surface area contributed by atoms with Gasteiger partial charge in [0.25, 0.3) is 0 Å². The molecule has 0 aliphatic carbocycles. The minimum atomic E-state index is 0.518. The van der Waals surface area contributed by atoms with Crippen molar-refractivity contribution in [2.45, 2.75) is 6.92 Å². The number of benzene rings is 1. The highest BCUT2D eigenvalue weighted by molar-refractivity contribution is 9.10. The Kier molecular flexibility index (Phi) is 3.58. The van der Waals surface area contributed by atoms with Crippen LogP contribution in [0.15, 0.2) is 28.9 Å². The topological polar surface area (TPSA) is 55.0 Å². The third-order valence-electron chi connectivity index (χ3n) is 2.31. The van der Waals surface area contributed by atoms with Gasteiger partial charge in [-0.15, -0.1) is 0 Å². The summed E-state index contributed by atoms with van der Waals surface area (Å²) in [6.45, 7) is 2.48. The molecule has 0 fully saturated rings. The van der Waals surface area contributed by atoms with Gasteiger partial charge in [0.05, 0.1) is 24.1 Å². The summed E-state index contributed by atoms with van der Waals surface area (Å²) in [6, 6.07) is 5.65. The Morgan fingerprint density at radius 1 is 1.53 bits per heavy atom. The number of carbonyl (C=O) groups excluding carboxylic acids is 1. The maximum Gasteiger partial charge on any atom is 0.153 e. The van der Waals surface area contributed by atoms with E-state index in [0.717, 1.165) is 22.1 Å². The smallest absolute Gasteiger partial charge is 0.153 e. The molecule has 0 aliphatic rings. The van der Waals surface area contributed by atoms with Gasteiger partial charge in [-0.2, -0.15) is 5.10 Å². The zero-order valence-corrected chi connectivity index (χ0v) is 10.8. The number of nitrogens with one attached hydrogen (secondary N) is 1. The van der Waals surface area contributed by atoms with Crippen molar-refractivity contribution < 1.29 is 9.53 Å².